The molecular weight excluding hydrogens is 194 g/mol. The summed E-state index contributed by atoms with van der Waals surface area (Å²) in [7, 11) is 0. The van der Waals surface area contributed by atoms with E-state index in [0.717, 1.165) is 0 Å². The summed E-state index contributed by atoms with van der Waals surface area (Å²) in [4.78, 5) is 11.4. The minimum Gasteiger partial charge on any atom is -0.462 e. The van der Waals surface area contributed by atoms with Crippen molar-refractivity contribution >= 4 is 5.97 Å². The molecule has 76 valence electrons. The summed E-state index contributed by atoms with van der Waals surface area (Å²) < 4.78 is 6.12. The highest BCUT2D eigenvalue weighted by Crippen LogP contribution is 2.07. The van der Waals surface area contributed by atoms with Crippen LogP contribution in [-0.4, -0.2) is 22.4 Å². The normalized spacial score (nSPS) is 9.00. The second-order valence-corrected chi connectivity index (χ2v) is 2.63. The van der Waals surface area contributed by atoms with E-state index < -0.39 is 5.97 Å². The van der Waals surface area contributed by atoms with E-state index in [4.69, 9.17) is 16.4 Å². The number of ether oxygens (including phenoxy) is 1. The fraction of sp³-hybridized carbons (Fsp3) is 0.300. The first-order valence-corrected chi connectivity index (χ1v) is 4.31. The van der Waals surface area contributed by atoms with Crippen LogP contribution >= 0.6 is 0 Å². The molecule has 0 aliphatic carbocycles. The van der Waals surface area contributed by atoms with Crippen LogP contribution in [-0.2, 0) is 11.3 Å². The summed E-state index contributed by atoms with van der Waals surface area (Å²) in [5.74, 6) is 1.80. The topological polar surface area (TPSA) is 67.9 Å². The maximum atomic E-state index is 11.4. The molecule has 0 saturated carbocycles. The molecule has 15 heavy (non-hydrogen) atoms. The molecule has 1 heterocycles. The number of aromatic nitrogens is 2. The average Bonchev–Trinajstić information content (AvgIpc) is 2.62. The van der Waals surface area contributed by atoms with Crippen molar-refractivity contribution in [3.05, 3.63) is 17.5 Å². The van der Waals surface area contributed by atoms with Gasteiger partial charge in [-0.15, -0.1) is 6.42 Å². The van der Waals surface area contributed by atoms with Gasteiger partial charge >= 0.3 is 5.97 Å². The SMILES string of the molecule is C#CCn1cc(C(=O)OCC)c(C#N)n1. The molecule has 0 aromatic carbocycles. The number of nitriles is 1. The van der Waals surface area contributed by atoms with E-state index in [9.17, 15) is 4.79 Å². The minimum atomic E-state index is -0.558. The van der Waals surface area contributed by atoms with Crippen LogP contribution in [0.5, 0.6) is 0 Å². The summed E-state index contributed by atoms with van der Waals surface area (Å²) in [5, 5.41) is 12.6. The van der Waals surface area contributed by atoms with Crippen LogP contribution in [0.25, 0.3) is 0 Å². The van der Waals surface area contributed by atoms with Crippen molar-refractivity contribution < 1.29 is 9.53 Å². The number of hydrogen-bond acceptors (Lipinski definition) is 4. The third-order valence-electron chi connectivity index (χ3n) is 1.62. The van der Waals surface area contributed by atoms with Crippen LogP contribution in [0.2, 0.25) is 0 Å². The van der Waals surface area contributed by atoms with E-state index in [1.54, 1.807) is 6.92 Å². The Hall–Kier alpha value is -2.27. The number of nitrogens with zero attached hydrogens (tertiary/aromatic N) is 3. The van der Waals surface area contributed by atoms with Crippen LogP contribution < -0.4 is 0 Å². The molecule has 0 bridgehead atoms. The van der Waals surface area contributed by atoms with Gasteiger partial charge in [0, 0.05) is 6.20 Å². The second-order valence-electron chi connectivity index (χ2n) is 2.63. The van der Waals surface area contributed by atoms with Gasteiger partial charge in [0.25, 0.3) is 0 Å². The lowest BCUT2D eigenvalue weighted by molar-refractivity contribution is 0.0526. The van der Waals surface area contributed by atoms with Crippen molar-refractivity contribution in [1.82, 2.24) is 9.78 Å². The summed E-state index contributed by atoms with van der Waals surface area (Å²) >= 11 is 0. The number of rotatable bonds is 3. The van der Waals surface area contributed by atoms with E-state index in [-0.39, 0.29) is 24.4 Å². The quantitative estimate of drug-likeness (QED) is 0.532. The van der Waals surface area contributed by atoms with Gasteiger partial charge in [-0.05, 0) is 6.92 Å². The Morgan fingerprint density at radius 1 is 1.80 bits per heavy atom. The van der Waals surface area contributed by atoms with Crippen molar-refractivity contribution in [2.24, 2.45) is 0 Å². The molecule has 1 rings (SSSR count). The highest BCUT2D eigenvalue weighted by Gasteiger charge is 2.16. The highest BCUT2D eigenvalue weighted by atomic mass is 16.5. The van der Waals surface area contributed by atoms with Crippen molar-refractivity contribution in [3.63, 3.8) is 0 Å². The molecule has 0 aliphatic rings. The predicted octanol–water partition coefficient (Wildman–Crippen LogP) is 0.565. The fourth-order valence-corrected chi connectivity index (χ4v) is 1.04. The zero-order valence-corrected chi connectivity index (χ0v) is 8.23. The lowest BCUT2D eigenvalue weighted by Gasteiger charge is -1.97. The minimum absolute atomic E-state index is 0.0312. The first kappa shape index (κ1) is 10.8. The molecular formula is C10H9N3O2. The number of esters is 1. The average molecular weight is 203 g/mol. The van der Waals surface area contributed by atoms with Gasteiger partial charge < -0.3 is 4.74 Å². The van der Waals surface area contributed by atoms with Crippen molar-refractivity contribution in [3.8, 4) is 18.4 Å². The molecule has 0 spiro atoms. The summed E-state index contributed by atoms with van der Waals surface area (Å²) in [6.45, 7) is 2.16. The Morgan fingerprint density at radius 3 is 3.07 bits per heavy atom. The predicted molar refractivity (Wildman–Crippen MR) is 51.7 cm³/mol. The van der Waals surface area contributed by atoms with E-state index in [0.29, 0.717) is 0 Å². The first-order chi connectivity index (χ1) is 7.22. The zero-order chi connectivity index (χ0) is 11.3. The third kappa shape index (κ3) is 2.35. The van der Waals surface area contributed by atoms with Gasteiger partial charge in [-0.2, -0.15) is 10.4 Å². The molecule has 1 aromatic heterocycles. The van der Waals surface area contributed by atoms with E-state index >= 15 is 0 Å². The summed E-state index contributed by atoms with van der Waals surface area (Å²) in [5.41, 5.74) is 0.179. The van der Waals surface area contributed by atoms with Gasteiger partial charge in [-0.25, -0.2) is 4.79 Å². The van der Waals surface area contributed by atoms with Crippen LogP contribution in [0.3, 0.4) is 0 Å². The molecule has 0 fully saturated rings. The fourth-order valence-electron chi connectivity index (χ4n) is 1.04. The zero-order valence-electron chi connectivity index (χ0n) is 8.23. The summed E-state index contributed by atoms with van der Waals surface area (Å²) in [6.07, 6.45) is 6.50. The maximum Gasteiger partial charge on any atom is 0.342 e. The third-order valence-corrected chi connectivity index (χ3v) is 1.62. The molecule has 1 aromatic rings. The van der Waals surface area contributed by atoms with Crippen LogP contribution in [0, 0.1) is 23.7 Å². The lowest BCUT2D eigenvalue weighted by Crippen LogP contribution is -2.05. The van der Waals surface area contributed by atoms with E-state index in [1.165, 1.54) is 10.9 Å². The molecule has 0 radical (unpaired) electrons. The number of carbonyl (C=O) groups excluding carboxylic acids is 1. The summed E-state index contributed by atoms with van der Waals surface area (Å²) in [6, 6.07) is 1.81. The number of terminal acetylenes is 1. The van der Waals surface area contributed by atoms with Crippen LogP contribution in [0.15, 0.2) is 6.20 Å². The van der Waals surface area contributed by atoms with E-state index in [2.05, 4.69) is 11.0 Å². The second kappa shape index (κ2) is 4.83. The molecule has 5 heteroatoms. The van der Waals surface area contributed by atoms with E-state index in [1.807, 2.05) is 6.07 Å². The molecule has 0 N–H and O–H groups in total. The largest absolute Gasteiger partial charge is 0.462 e. The van der Waals surface area contributed by atoms with Crippen molar-refractivity contribution in [2.45, 2.75) is 13.5 Å². The molecule has 0 unspecified atom stereocenters. The van der Waals surface area contributed by atoms with Crippen LogP contribution in [0.4, 0.5) is 0 Å². The molecule has 0 saturated heterocycles. The standard InChI is InChI=1S/C10H9N3O2/c1-3-5-13-7-8(9(6-11)12-13)10(14)15-4-2/h1,7H,4-5H2,2H3. The molecule has 0 aliphatic heterocycles. The monoisotopic (exact) mass is 203 g/mol. The Balaban J connectivity index is 3.02. The maximum absolute atomic E-state index is 11.4. The highest BCUT2D eigenvalue weighted by molar-refractivity contribution is 5.91. The lowest BCUT2D eigenvalue weighted by atomic mass is 10.3. The van der Waals surface area contributed by atoms with Crippen molar-refractivity contribution in [2.75, 3.05) is 6.61 Å². The molecule has 0 amide bonds. The Bertz CT molecular complexity index is 448. The van der Waals surface area contributed by atoms with Gasteiger partial charge in [0.05, 0.1) is 6.61 Å². The molecule has 0 atom stereocenters. The Kier molecular flexibility index (Phi) is 3.48. The molecule has 5 nitrogen and oxygen atoms in total. The number of carbonyl (C=O) groups is 1. The first-order valence-electron chi connectivity index (χ1n) is 4.31. The number of hydrogen-bond donors (Lipinski definition) is 0. The van der Waals surface area contributed by atoms with Crippen LogP contribution in [0.1, 0.15) is 23.0 Å². The Morgan fingerprint density at radius 2 is 2.53 bits per heavy atom. The Labute approximate surface area is 87.3 Å². The van der Waals surface area contributed by atoms with Crippen molar-refractivity contribution in [1.29, 1.82) is 5.26 Å². The van der Waals surface area contributed by atoms with Gasteiger partial charge in [-0.3, -0.25) is 4.68 Å². The van der Waals surface area contributed by atoms with Gasteiger partial charge in [0.1, 0.15) is 18.2 Å². The van der Waals surface area contributed by atoms with Gasteiger partial charge in [0.15, 0.2) is 5.69 Å². The smallest absolute Gasteiger partial charge is 0.342 e. The van der Waals surface area contributed by atoms with Gasteiger partial charge in [-0.1, -0.05) is 5.92 Å². The van der Waals surface area contributed by atoms with Gasteiger partial charge in [0.2, 0.25) is 0 Å².